The minimum absolute atomic E-state index is 0. The van der Waals surface area contributed by atoms with Crippen molar-refractivity contribution in [3.8, 4) is 11.4 Å². The van der Waals surface area contributed by atoms with Crippen LogP contribution < -0.4 is 29.6 Å². The van der Waals surface area contributed by atoms with Crippen LogP contribution >= 0.6 is 0 Å². The van der Waals surface area contributed by atoms with Crippen LogP contribution in [0.15, 0.2) is 43.0 Å². The second-order valence-electron chi connectivity index (χ2n) is 2.49. The molecule has 4 heteroatoms. The van der Waals surface area contributed by atoms with Crippen molar-refractivity contribution in [3.63, 3.8) is 0 Å². The molecule has 0 aliphatic carbocycles. The zero-order valence-corrected chi connectivity index (χ0v) is 9.38. The molecule has 0 fully saturated rings. The number of phenols is 1. The molecule has 0 radical (unpaired) electrons. The molecule has 62 valence electrons. The van der Waals surface area contributed by atoms with Gasteiger partial charge in [0.2, 0.25) is 0 Å². The summed E-state index contributed by atoms with van der Waals surface area (Å²) in [6.45, 7) is 0. The van der Waals surface area contributed by atoms with Gasteiger partial charge in [-0.25, -0.2) is 4.98 Å². The number of rotatable bonds is 1. The Kier molecular flexibility index (Phi) is 3.54. The van der Waals surface area contributed by atoms with Crippen molar-refractivity contribution in [3.05, 3.63) is 43.0 Å². The normalized spacial score (nSPS) is 9.23. The predicted molar refractivity (Wildman–Crippen MR) is 46.3 cm³/mol. The van der Waals surface area contributed by atoms with Gasteiger partial charge < -0.3 is 11.1 Å². The molecule has 0 aliphatic heterocycles. The summed E-state index contributed by atoms with van der Waals surface area (Å²) in [5.74, 6) is 0.277. The third kappa shape index (κ3) is 2.34. The van der Waals surface area contributed by atoms with E-state index in [4.69, 9.17) is 5.11 Å². The topological polar surface area (TPSA) is 38.0 Å². The first-order valence-corrected chi connectivity index (χ1v) is 3.63. The molecule has 0 spiro atoms. The summed E-state index contributed by atoms with van der Waals surface area (Å²) in [5, 5.41) is 9.03. The van der Waals surface area contributed by atoms with Crippen LogP contribution in [-0.2, 0) is 0 Å². The molecule has 0 unspecified atom stereocenters. The van der Waals surface area contributed by atoms with E-state index in [1.54, 1.807) is 24.7 Å². The Balaban J connectivity index is 0.000000845. The van der Waals surface area contributed by atoms with Crippen molar-refractivity contribution in [2.75, 3.05) is 0 Å². The van der Waals surface area contributed by atoms with Gasteiger partial charge in [-0.1, -0.05) is 0 Å². The molecule has 13 heavy (non-hydrogen) atoms. The number of hydrogen-bond acceptors (Lipinski definition) is 2. The Morgan fingerprint density at radius 1 is 1.23 bits per heavy atom. The number of aromatic hydroxyl groups is 1. The fraction of sp³-hybridized carbons (Fsp3) is 0. The molecule has 0 saturated heterocycles. The van der Waals surface area contributed by atoms with Gasteiger partial charge in [-0.05, 0) is 24.3 Å². The van der Waals surface area contributed by atoms with Gasteiger partial charge in [-0.3, -0.25) is 0 Å². The van der Waals surface area contributed by atoms with Crippen molar-refractivity contribution in [2.45, 2.75) is 0 Å². The SMILES string of the molecule is Oc1ccc(-n2ccnc2)cc1.[H-].[Na+]. The Labute approximate surface area is 99.8 Å². The van der Waals surface area contributed by atoms with E-state index in [1.807, 2.05) is 22.9 Å². The van der Waals surface area contributed by atoms with Gasteiger partial charge in [0.25, 0.3) is 0 Å². The molecule has 1 heterocycles. The minimum Gasteiger partial charge on any atom is -1.00 e. The van der Waals surface area contributed by atoms with Gasteiger partial charge >= 0.3 is 29.6 Å². The first-order chi connectivity index (χ1) is 5.86. The van der Waals surface area contributed by atoms with Gasteiger partial charge in [0.1, 0.15) is 5.75 Å². The van der Waals surface area contributed by atoms with E-state index in [9.17, 15) is 0 Å². The van der Waals surface area contributed by atoms with Crippen molar-refractivity contribution in [1.29, 1.82) is 0 Å². The molecular formula is C9H9N2NaO. The van der Waals surface area contributed by atoms with Crippen molar-refractivity contribution in [2.24, 2.45) is 0 Å². The maximum atomic E-state index is 9.03. The summed E-state index contributed by atoms with van der Waals surface area (Å²) in [7, 11) is 0. The molecule has 2 aromatic rings. The summed E-state index contributed by atoms with van der Waals surface area (Å²) in [6.07, 6.45) is 5.28. The fourth-order valence-electron chi connectivity index (χ4n) is 1.04. The van der Waals surface area contributed by atoms with E-state index < -0.39 is 0 Å². The standard InChI is InChI=1S/C9H8N2O.Na.H/c12-9-3-1-8(2-4-9)11-6-5-10-7-11;;/h1-7,12H;;/q;+1;-1. The third-order valence-electron chi connectivity index (χ3n) is 1.65. The Morgan fingerprint density at radius 2 is 1.92 bits per heavy atom. The zero-order valence-electron chi connectivity index (χ0n) is 8.38. The molecular weight excluding hydrogens is 175 g/mol. The van der Waals surface area contributed by atoms with Crippen LogP contribution in [0.4, 0.5) is 0 Å². The van der Waals surface area contributed by atoms with E-state index in [1.165, 1.54) is 0 Å². The Hall–Kier alpha value is -0.770. The third-order valence-corrected chi connectivity index (χ3v) is 1.65. The van der Waals surface area contributed by atoms with Gasteiger partial charge in [-0.15, -0.1) is 0 Å². The number of phenolic OH excluding ortho intramolecular Hbond substituents is 1. The molecule has 0 amide bonds. The van der Waals surface area contributed by atoms with Crippen LogP contribution in [0.5, 0.6) is 5.75 Å². The molecule has 0 atom stereocenters. The monoisotopic (exact) mass is 184 g/mol. The Morgan fingerprint density at radius 3 is 2.46 bits per heavy atom. The van der Waals surface area contributed by atoms with Crippen LogP contribution in [0.3, 0.4) is 0 Å². The summed E-state index contributed by atoms with van der Waals surface area (Å²) in [6, 6.07) is 6.96. The maximum Gasteiger partial charge on any atom is 1.00 e. The first-order valence-electron chi connectivity index (χ1n) is 3.63. The Bertz CT molecular complexity index is 361. The number of nitrogens with zero attached hydrogens (tertiary/aromatic N) is 2. The van der Waals surface area contributed by atoms with Gasteiger partial charge in [0, 0.05) is 18.1 Å². The fourth-order valence-corrected chi connectivity index (χ4v) is 1.04. The molecule has 2 rings (SSSR count). The quantitative estimate of drug-likeness (QED) is 0.559. The summed E-state index contributed by atoms with van der Waals surface area (Å²) < 4.78 is 1.87. The molecule has 0 saturated carbocycles. The number of imidazole rings is 1. The van der Waals surface area contributed by atoms with Gasteiger partial charge in [-0.2, -0.15) is 0 Å². The van der Waals surface area contributed by atoms with Crippen LogP contribution in [0.2, 0.25) is 0 Å². The van der Waals surface area contributed by atoms with Crippen LogP contribution in [-0.4, -0.2) is 14.7 Å². The smallest absolute Gasteiger partial charge is 1.00 e. The average Bonchev–Trinajstić information content (AvgIpc) is 2.58. The van der Waals surface area contributed by atoms with Crippen LogP contribution in [0, 0.1) is 0 Å². The molecule has 1 aromatic carbocycles. The number of benzene rings is 1. The molecule has 1 aromatic heterocycles. The van der Waals surface area contributed by atoms with Crippen molar-refractivity contribution >= 4 is 0 Å². The van der Waals surface area contributed by atoms with E-state index in [2.05, 4.69) is 4.98 Å². The second kappa shape index (κ2) is 4.46. The van der Waals surface area contributed by atoms with Gasteiger partial charge in [0.05, 0.1) is 6.33 Å². The minimum atomic E-state index is 0. The van der Waals surface area contributed by atoms with Crippen molar-refractivity contribution in [1.82, 2.24) is 9.55 Å². The molecule has 0 bridgehead atoms. The largest absolute Gasteiger partial charge is 1.00 e. The van der Waals surface area contributed by atoms with E-state index in [0.29, 0.717) is 0 Å². The molecule has 3 nitrogen and oxygen atoms in total. The average molecular weight is 184 g/mol. The summed E-state index contributed by atoms with van der Waals surface area (Å²) >= 11 is 0. The number of hydrogen-bond donors (Lipinski definition) is 1. The summed E-state index contributed by atoms with van der Waals surface area (Å²) in [5.41, 5.74) is 0.991. The maximum absolute atomic E-state index is 9.03. The van der Waals surface area contributed by atoms with E-state index >= 15 is 0 Å². The van der Waals surface area contributed by atoms with Crippen LogP contribution in [0.25, 0.3) is 5.69 Å². The summed E-state index contributed by atoms with van der Waals surface area (Å²) in [4.78, 5) is 3.92. The van der Waals surface area contributed by atoms with Crippen molar-refractivity contribution < 1.29 is 36.1 Å². The molecule has 0 aliphatic rings. The number of aromatic nitrogens is 2. The molecule has 1 N–H and O–H groups in total. The van der Waals surface area contributed by atoms with E-state index in [0.717, 1.165) is 5.69 Å². The predicted octanol–water partition coefficient (Wildman–Crippen LogP) is -1.31. The zero-order chi connectivity index (χ0) is 8.39. The second-order valence-corrected chi connectivity index (χ2v) is 2.49. The van der Waals surface area contributed by atoms with Gasteiger partial charge in [0.15, 0.2) is 0 Å². The first kappa shape index (κ1) is 10.3. The van der Waals surface area contributed by atoms with Crippen LogP contribution in [0.1, 0.15) is 1.43 Å². The van der Waals surface area contributed by atoms with E-state index in [-0.39, 0.29) is 36.7 Å².